The van der Waals surface area contributed by atoms with Crippen LogP contribution in [0.25, 0.3) is 11.0 Å². The van der Waals surface area contributed by atoms with Crippen LogP contribution < -0.4 is 0 Å². The summed E-state index contributed by atoms with van der Waals surface area (Å²) < 4.78 is 5.38. The number of ether oxygens (including phenoxy) is 1. The third-order valence-electron chi connectivity index (χ3n) is 4.33. The van der Waals surface area contributed by atoms with Crippen molar-refractivity contribution in [2.45, 2.75) is 25.3 Å². The van der Waals surface area contributed by atoms with Gasteiger partial charge in [-0.2, -0.15) is 0 Å². The van der Waals surface area contributed by atoms with Gasteiger partial charge in [-0.25, -0.2) is 9.78 Å². The quantitative estimate of drug-likeness (QED) is 0.872. The van der Waals surface area contributed by atoms with Gasteiger partial charge < -0.3 is 14.6 Å². The van der Waals surface area contributed by atoms with Crippen molar-refractivity contribution in [1.29, 1.82) is 0 Å². The summed E-state index contributed by atoms with van der Waals surface area (Å²) in [5, 5.41) is 0. The van der Waals surface area contributed by atoms with Crippen LogP contribution in [0.15, 0.2) is 24.5 Å². The molecule has 1 saturated heterocycles. The van der Waals surface area contributed by atoms with Gasteiger partial charge in [0.2, 0.25) is 5.91 Å². The van der Waals surface area contributed by atoms with E-state index in [4.69, 9.17) is 4.74 Å². The third kappa shape index (κ3) is 2.45. The lowest BCUT2D eigenvalue weighted by Crippen LogP contribution is -2.27. The number of carbonyl (C=O) groups is 2. The summed E-state index contributed by atoms with van der Waals surface area (Å²) in [6.07, 6.45) is 4.31. The van der Waals surface area contributed by atoms with E-state index in [0.29, 0.717) is 24.6 Å². The summed E-state index contributed by atoms with van der Waals surface area (Å²) in [6.45, 7) is 1.02. The van der Waals surface area contributed by atoms with Crippen LogP contribution >= 0.6 is 0 Å². The maximum atomic E-state index is 12.1. The third-order valence-corrected chi connectivity index (χ3v) is 4.33. The molecule has 2 aromatic rings. The second-order valence-corrected chi connectivity index (χ2v) is 6.08. The predicted octanol–water partition coefficient (Wildman–Crippen LogP) is 1.73. The number of likely N-dealkylation sites (tertiary alicyclic amines) is 1. The molecular weight excluding hydrogens is 282 g/mol. The molecular formula is C16H17N3O3. The Morgan fingerprint density at radius 2 is 2.27 bits per heavy atom. The molecule has 0 bridgehead atoms. The Balaban J connectivity index is 1.37. The average molecular weight is 299 g/mol. The number of amides is 1. The van der Waals surface area contributed by atoms with Crippen LogP contribution in [0.5, 0.6) is 0 Å². The fraction of sp³-hybridized carbons (Fsp3) is 0.438. The minimum atomic E-state index is -0.353. The summed E-state index contributed by atoms with van der Waals surface area (Å²) in [5.41, 5.74) is 2.13. The molecule has 1 aliphatic heterocycles. The van der Waals surface area contributed by atoms with Crippen molar-refractivity contribution in [1.82, 2.24) is 14.9 Å². The Morgan fingerprint density at radius 3 is 3.09 bits per heavy atom. The molecule has 1 amide bonds. The average Bonchev–Trinajstić information content (AvgIpc) is 3.13. The van der Waals surface area contributed by atoms with Crippen LogP contribution in [-0.4, -0.2) is 45.9 Å². The smallest absolute Gasteiger partial charge is 0.338 e. The van der Waals surface area contributed by atoms with Crippen LogP contribution in [0.1, 0.15) is 29.6 Å². The monoisotopic (exact) mass is 299 g/mol. The van der Waals surface area contributed by atoms with E-state index in [0.717, 1.165) is 30.4 Å². The first-order chi connectivity index (χ1) is 10.7. The Kier molecular flexibility index (Phi) is 3.10. The number of imidazole rings is 1. The number of esters is 1. The van der Waals surface area contributed by atoms with E-state index in [1.807, 2.05) is 4.90 Å². The number of rotatable bonds is 4. The van der Waals surface area contributed by atoms with Gasteiger partial charge >= 0.3 is 5.97 Å². The lowest BCUT2D eigenvalue weighted by atomic mass is 10.1. The zero-order chi connectivity index (χ0) is 15.1. The van der Waals surface area contributed by atoms with Crippen molar-refractivity contribution in [3.63, 3.8) is 0 Å². The second kappa shape index (κ2) is 5.12. The van der Waals surface area contributed by atoms with E-state index in [9.17, 15) is 9.59 Å². The number of nitrogens with zero attached hydrogens (tertiary/aromatic N) is 2. The highest BCUT2D eigenvalue weighted by molar-refractivity contribution is 5.93. The predicted molar refractivity (Wildman–Crippen MR) is 79.2 cm³/mol. The molecule has 1 aromatic heterocycles. The molecule has 1 aliphatic carbocycles. The normalized spacial score (nSPS) is 21.5. The van der Waals surface area contributed by atoms with Gasteiger partial charge in [0, 0.05) is 24.9 Å². The molecule has 1 saturated carbocycles. The van der Waals surface area contributed by atoms with Crippen LogP contribution in [0.4, 0.5) is 0 Å². The molecule has 2 fully saturated rings. The summed E-state index contributed by atoms with van der Waals surface area (Å²) in [6, 6.07) is 5.68. The number of carbonyl (C=O) groups excluding carboxylic acids is 2. The number of benzene rings is 1. The lowest BCUT2D eigenvalue weighted by Gasteiger charge is -2.15. The fourth-order valence-electron chi connectivity index (χ4n) is 3.00. The van der Waals surface area contributed by atoms with Gasteiger partial charge in [0.15, 0.2) is 0 Å². The number of H-pyrrole nitrogens is 1. The van der Waals surface area contributed by atoms with E-state index in [1.165, 1.54) is 0 Å². The Bertz CT molecular complexity index is 735. The molecule has 6 nitrogen and oxygen atoms in total. The Labute approximate surface area is 127 Å². The van der Waals surface area contributed by atoms with Crippen LogP contribution in [0, 0.1) is 5.92 Å². The molecule has 0 unspecified atom stereocenters. The zero-order valence-electron chi connectivity index (χ0n) is 12.1. The number of hydrogen-bond donors (Lipinski definition) is 1. The number of aromatic nitrogens is 2. The molecule has 4 rings (SSSR count). The molecule has 114 valence electrons. The first-order valence-electron chi connectivity index (χ1n) is 7.60. The van der Waals surface area contributed by atoms with Gasteiger partial charge in [-0.1, -0.05) is 0 Å². The first-order valence-corrected chi connectivity index (χ1v) is 7.60. The van der Waals surface area contributed by atoms with Gasteiger partial charge in [-0.3, -0.25) is 4.79 Å². The van der Waals surface area contributed by atoms with Crippen molar-refractivity contribution >= 4 is 22.9 Å². The van der Waals surface area contributed by atoms with Crippen LogP contribution in [0.2, 0.25) is 0 Å². The van der Waals surface area contributed by atoms with Gasteiger partial charge in [0.1, 0.15) is 0 Å². The van der Waals surface area contributed by atoms with E-state index < -0.39 is 0 Å². The molecule has 0 radical (unpaired) electrons. The van der Waals surface area contributed by atoms with Crippen molar-refractivity contribution in [2.24, 2.45) is 5.92 Å². The van der Waals surface area contributed by atoms with Gasteiger partial charge in [0.05, 0.1) is 29.5 Å². The van der Waals surface area contributed by atoms with Crippen LogP contribution in [-0.2, 0) is 9.53 Å². The lowest BCUT2D eigenvalue weighted by molar-refractivity contribution is -0.128. The van der Waals surface area contributed by atoms with E-state index in [2.05, 4.69) is 9.97 Å². The second-order valence-electron chi connectivity index (χ2n) is 6.08. The highest BCUT2D eigenvalue weighted by Crippen LogP contribution is 2.32. The summed E-state index contributed by atoms with van der Waals surface area (Å²) in [4.78, 5) is 33.0. The highest BCUT2D eigenvalue weighted by atomic mass is 16.5. The standard InChI is InChI=1S/C16H17N3O3/c20-15-5-10(7-19(15)12-2-3-12)8-22-16(21)11-1-4-13-14(6-11)18-9-17-13/h1,4,6,9-10,12H,2-3,5,7-8H2,(H,17,18)/t10-/m0/s1. The number of aromatic amines is 1. The molecule has 2 aliphatic rings. The molecule has 1 aromatic carbocycles. The van der Waals surface area contributed by atoms with E-state index in [1.54, 1.807) is 24.5 Å². The molecule has 2 heterocycles. The Morgan fingerprint density at radius 1 is 1.41 bits per heavy atom. The summed E-state index contributed by atoms with van der Waals surface area (Å²) >= 11 is 0. The molecule has 1 atom stereocenters. The summed E-state index contributed by atoms with van der Waals surface area (Å²) in [5.74, 6) is -0.0378. The Hall–Kier alpha value is -2.37. The number of fused-ring (bicyclic) bond motifs is 1. The maximum absolute atomic E-state index is 12.1. The van der Waals surface area contributed by atoms with Gasteiger partial charge in [0.25, 0.3) is 0 Å². The maximum Gasteiger partial charge on any atom is 0.338 e. The topological polar surface area (TPSA) is 75.3 Å². The van der Waals surface area contributed by atoms with Crippen molar-refractivity contribution in [3.05, 3.63) is 30.1 Å². The van der Waals surface area contributed by atoms with Crippen molar-refractivity contribution < 1.29 is 14.3 Å². The number of nitrogens with one attached hydrogen (secondary N) is 1. The molecule has 22 heavy (non-hydrogen) atoms. The molecule has 0 spiro atoms. The number of hydrogen-bond acceptors (Lipinski definition) is 4. The van der Waals surface area contributed by atoms with Crippen molar-refractivity contribution in [3.8, 4) is 0 Å². The SMILES string of the molecule is O=C(OC[C@H]1CC(=O)N(C2CC2)C1)c1ccc2nc[nH]c2c1. The zero-order valence-corrected chi connectivity index (χ0v) is 12.1. The van der Waals surface area contributed by atoms with Crippen molar-refractivity contribution in [2.75, 3.05) is 13.2 Å². The van der Waals surface area contributed by atoms with Gasteiger partial charge in [-0.05, 0) is 31.0 Å². The largest absolute Gasteiger partial charge is 0.462 e. The molecule has 6 heteroatoms. The minimum Gasteiger partial charge on any atom is -0.462 e. The first kappa shape index (κ1) is 13.3. The van der Waals surface area contributed by atoms with E-state index >= 15 is 0 Å². The minimum absolute atomic E-state index is 0.118. The molecule has 1 N–H and O–H groups in total. The van der Waals surface area contributed by atoms with Crippen LogP contribution in [0.3, 0.4) is 0 Å². The van der Waals surface area contributed by atoms with E-state index in [-0.39, 0.29) is 17.8 Å². The highest BCUT2D eigenvalue weighted by Gasteiger charge is 2.39. The summed E-state index contributed by atoms with van der Waals surface area (Å²) in [7, 11) is 0. The van der Waals surface area contributed by atoms with Gasteiger partial charge in [-0.15, -0.1) is 0 Å². The fourth-order valence-corrected chi connectivity index (χ4v) is 3.00.